The quantitative estimate of drug-likeness (QED) is 0.196. The first-order chi connectivity index (χ1) is 24.2. The zero-order valence-corrected chi connectivity index (χ0v) is 26.0. The van der Waals surface area contributed by atoms with Gasteiger partial charge in [-0.1, -0.05) is 60.7 Å². The summed E-state index contributed by atoms with van der Waals surface area (Å²) in [5.41, 5.74) is 8.58. The van der Waals surface area contributed by atoms with E-state index in [0.29, 0.717) is 11.1 Å². The van der Waals surface area contributed by atoms with Gasteiger partial charge in [-0.25, -0.2) is 4.98 Å². The second-order valence-electron chi connectivity index (χ2n) is 12.3. The van der Waals surface area contributed by atoms with Gasteiger partial charge in [-0.05, 0) is 84.9 Å². The molecule has 6 heteroatoms. The number of para-hydroxylation sites is 3. The molecule has 0 aliphatic rings. The molecule has 0 bridgehead atoms. The molecule has 6 nitrogen and oxygen atoms in total. The van der Waals surface area contributed by atoms with E-state index in [1.54, 1.807) is 0 Å². The van der Waals surface area contributed by atoms with Crippen molar-refractivity contribution in [2.45, 2.75) is 0 Å². The molecular weight excluding hydrogens is 601 g/mol. The number of benzene rings is 6. The van der Waals surface area contributed by atoms with Crippen LogP contribution in [0.2, 0.25) is 0 Å². The summed E-state index contributed by atoms with van der Waals surface area (Å²) in [5, 5.41) is 25.9. The monoisotopic (exact) mass is 624 g/mol. The summed E-state index contributed by atoms with van der Waals surface area (Å²) in [6.45, 7) is 0. The van der Waals surface area contributed by atoms with Crippen LogP contribution in [0.5, 0.6) is 0 Å². The Bertz CT molecular complexity index is 3070. The lowest BCUT2D eigenvalue weighted by Gasteiger charge is -2.12. The van der Waals surface area contributed by atoms with E-state index in [0.717, 1.165) is 82.7 Å². The highest BCUT2D eigenvalue weighted by Gasteiger charge is 2.20. The maximum Gasteiger partial charge on any atom is 0.140 e. The molecule has 0 radical (unpaired) electrons. The standard InChI is InChI=1S/C43H24N6/c44-25-27-18-20-39-32(21-27)30-11-4-6-13-36(30)48(39)42-15-8-16-43(46-42)49-37-14-7-5-12-31(37)34-23-40-35(24-41(34)49)33-22-28(26-45)17-19-38(33)47(40)29-9-2-1-3-10-29/h1-24H. The first-order valence-electron chi connectivity index (χ1n) is 16.1. The van der Waals surface area contributed by atoms with Crippen LogP contribution in [-0.4, -0.2) is 18.7 Å². The fraction of sp³-hybridized carbons (Fsp3) is 0. The van der Waals surface area contributed by atoms with Crippen molar-refractivity contribution in [1.82, 2.24) is 18.7 Å². The highest BCUT2D eigenvalue weighted by molar-refractivity contribution is 6.19. The number of hydrogen-bond donors (Lipinski definition) is 0. The number of hydrogen-bond acceptors (Lipinski definition) is 3. The van der Waals surface area contributed by atoms with Crippen LogP contribution < -0.4 is 0 Å². The summed E-state index contributed by atoms with van der Waals surface area (Å²) in [6, 6.07) is 54.2. The first-order valence-corrected chi connectivity index (χ1v) is 16.1. The van der Waals surface area contributed by atoms with Crippen molar-refractivity contribution in [2.24, 2.45) is 0 Å². The number of pyridine rings is 1. The summed E-state index contributed by atoms with van der Waals surface area (Å²) in [6.07, 6.45) is 0. The third-order valence-electron chi connectivity index (χ3n) is 9.68. The lowest BCUT2D eigenvalue weighted by atomic mass is 10.1. The minimum Gasteiger partial charge on any atom is -0.309 e. The SMILES string of the molecule is N#Cc1ccc2c(c1)c1cc3c(cc1n2-c1ccccc1)c1ccccc1n3-c1cccc(-n2c3ccccc3c3cc(C#N)ccc32)n1. The molecule has 0 spiro atoms. The molecular formula is C43H24N6. The van der Waals surface area contributed by atoms with Crippen LogP contribution in [0.25, 0.3) is 82.7 Å². The van der Waals surface area contributed by atoms with Gasteiger partial charge in [-0.3, -0.25) is 9.13 Å². The van der Waals surface area contributed by atoms with Crippen molar-refractivity contribution in [3.63, 3.8) is 0 Å². The molecule has 6 aromatic carbocycles. The summed E-state index contributed by atoms with van der Waals surface area (Å²) in [4.78, 5) is 5.34. The Hall–Kier alpha value is -7.15. The average Bonchev–Trinajstić information content (AvgIpc) is 3.79. The lowest BCUT2D eigenvalue weighted by Crippen LogP contribution is -2.03. The zero-order chi connectivity index (χ0) is 32.6. The molecule has 0 atom stereocenters. The minimum atomic E-state index is 0.627. The Labute approximate surface area is 280 Å². The second kappa shape index (κ2) is 10.2. The van der Waals surface area contributed by atoms with Gasteiger partial charge >= 0.3 is 0 Å². The fourth-order valence-electron chi connectivity index (χ4n) is 7.60. The van der Waals surface area contributed by atoms with Crippen LogP contribution in [-0.2, 0) is 0 Å². The van der Waals surface area contributed by atoms with Crippen molar-refractivity contribution in [3.8, 4) is 29.5 Å². The summed E-state index contributed by atoms with van der Waals surface area (Å²) in [5.74, 6) is 1.59. The van der Waals surface area contributed by atoms with Gasteiger partial charge in [0.1, 0.15) is 11.6 Å². The van der Waals surface area contributed by atoms with Gasteiger partial charge < -0.3 is 4.57 Å². The smallest absolute Gasteiger partial charge is 0.140 e. The van der Waals surface area contributed by atoms with E-state index in [9.17, 15) is 10.5 Å². The van der Waals surface area contributed by atoms with Gasteiger partial charge in [0.25, 0.3) is 0 Å². The Balaban J connectivity index is 1.28. The number of nitriles is 2. The topological polar surface area (TPSA) is 75.3 Å². The third-order valence-corrected chi connectivity index (χ3v) is 9.68. The second-order valence-corrected chi connectivity index (χ2v) is 12.3. The van der Waals surface area contributed by atoms with Crippen LogP contribution in [0.3, 0.4) is 0 Å². The highest BCUT2D eigenvalue weighted by atomic mass is 15.1. The molecule has 10 rings (SSSR count). The number of fused-ring (bicyclic) bond motifs is 9. The fourth-order valence-corrected chi connectivity index (χ4v) is 7.60. The molecule has 10 aromatic rings. The molecule has 0 saturated carbocycles. The molecule has 0 unspecified atom stereocenters. The molecule has 0 saturated heterocycles. The molecule has 4 aromatic heterocycles. The van der Waals surface area contributed by atoms with E-state index in [2.05, 4.69) is 111 Å². The molecule has 0 aliphatic carbocycles. The summed E-state index contributed by atoms with van der Waals surface area (Å²) >= 11 is 0. The molecule has 0 N–H and O–H groups in total. The Morgan fingerprint density at radius 3 is 1.43 bits per heavy atom. The first kappa shape index (κ1) is 27.0. The highest BCUT2D eigenvalue weighted by Crippen LogP contribution is 2.40. The van der Waals surface area contributed by atoms with Crippen molar-refractivity contribution in [3.05, 3.63) is 157 Å². The molecule has 0 amide bonds. The van der Waals surface area contributed by atoms with Gasteiger partial charge in [0, 0.05) is 38.0 Å². The van der Waals surface area contributed by atoms with Crippen LogP contribution in [0.4, 0.5) is 0 Å². The molecule has 4 heterocycles. The Kier molecular flexibility index (Phi) is 5.61. The number of rotatable bonds is 3. The van der Waals surface area contributed by atoms with E-state index < -0.39 is 0 Å². The van der Waals surface area contributed by atoms with Crippen LogP contribution in [0.15, 0.2) is 146 Å². The molecule has 0 fully saturated rings. The molecule has 49 heavy (non-hydrogen) atoms. The summed E-state index contributed by atoms with van der Waals surface area (Å²) < 4.78 is 6.71. The number of aromatic nitrogens is 4. The normalized spacial score (nSPS) is 11.6. The van der Waals surface area contributed by atoms with Gasteiger partial charge in [-0.15, -0.1) is 0 Å². The van der Waals surface area contributed by atoms with Gasteiger partial charge in [0.05, 0.1) is 56.4 Å². The number of nitrogens with zero attached hydrogens (tertiary/aromatic N) is 6. The van der Waals surface area contributed by atoms with Crippen molar-refractivity contribution in [2.75, 3.05) is 0 Å². The predicted octanol–water partition coefficient (Wildman–Crippen LogP) is 10.1. The maximum absolute atomic E-state index is 9.83. The van der Waals surface area contributed by atoms with Gasteiger partial charge in [0.15, 0.2) is 0 Å². The van der Waals surface area contributed by atoms with Crippen molar-refractivity contribution < 1.29 is 0 Å². The minimum absolute atomic E-state index is 0.627. The van der Waals surface area contributed by atoms with E-state index >= 15 is 0 Å². The van der Waals surface area contributed by atoms with Crippen molar-refractivity contribution >= 4 is 65.4 Å². The average molecular weight is 625 g/mol. The summed E-state index contributed by atoms with van der Waals surface area (Å²) in [7, 11) is 0. The van der Waals surface area contributed by atoms with Crippen LogP contribution in [0, 0.1) is 22.7 Å². The Morgan fingerprint density at radius 1 is 0.367 bits per heavy atom. The van der Waals surface area contributed by atoms with Crippen LogP contribution >= 0.6 is 0 Å². The predicted molar refractivity (Wildman–Crippen MR) is 197 cm³/mol. The largest absolute Gasteiger partial charge is 0.309 e. The van der Waals surface area contributed by atoms with E-state index in [1.807, 2.05) is 60.7 Å². The van der Waals surface area contributed by atoms with Crippen LogP contribution in [0.1, 0.15) is 11.1 Å². The van der Waals surface area contributed by atoms with Crippen molar-refractivity contribution in [1.29, 1.82) is 10.5 Å². The van der Waals surface area contributed by atoms with Gasteiger partial charge in [0.2, 0.25) is 0 Å². The maximum atomic E-state index is 9.83. The zero-order valence-electron chi connectivity index (χ0n) is 26.0. The van der Waals surface area contributed by atoms with E-state index in [4.69, 9.17) is 4.98 Å². The van der Waals surface area contributed by atoms with E-state index in [1.165, 1.54) is 0 Å². The molecule has 0 aliphatic heterocycles. The Morgan fingerprint density at radius 2 is 0.816 bits per heavy atom. The van der Waals surface area contributed by atoms with E-state index in [-0.39, 0.29) is 0 Å². The third kappa shape index (κ3) is 3.83. The lowest BCUT2D eigenvalue weighted by molar-refractivity contribution is 1.01. The van der Waals surface area contributed by atoms with Gasteiger partial charge in [-0.2, -0.15) is 10.5 Å². The molecule has 226 valence electrons.